The van der Waals surface area contributed by atoms with Gasteiger partial charge in [0.2, 0.25) is 0 Å². The quantitative estimate of drug-likeness (QED) is 0.313. The average molecular weight is 355 g/mol. The Hall–Kier alpha value is -1.54. The van der Waals surface area contributed by atoms with Gasteiger partial charge in [0.05, 0.1) is 0 Å². The van der Waals surface area contributed by atoms with Gasteiger partial charge in [-0.3, -0.25) is 0 Å². The predicted molar refractivity (Wildman–Crippen MR) is 115 cm³/mol. The molecule has 2 heteroatoms. The number of allylic oxidation sites excluding steroid dienone is 3. The van der Waals surface area contributed by atoms with E-state index < -0.39 is 0 Å². The van der Waals surface area contributed by atoms with Gasteiger partial charge in [0, 0.05) is 5.69 Å². The summed E-state index contributed by atoms with van der Waals surface area (Å²) in [5.74, 6) is 1.92. The fourth-order valence-electron chi connectivity index (χ4n) is 4.19. The van der Waals surface area contributed by atoms with E-state index in [9.17, 15) is 0 Å². The van der Waals surface area contributed by atoms with Gasteiger partial charge in [0.15, 0.2) is 0 Å². The van der Waals surface area contributed by atoms with Crippen LogP contribution in [-0.2, 0) is 6.42 Å². The van der Waals surface area contributed by atoms with E-state index in [0.29, 0.717) is 17.8 Å². The zero-order chi connectivity index (χ0) is 18.8. The van der Waals surface area contributed by atoms with Crippen molar-refractivity contribution in [1.82, 2.24) is 0 Å². The van der Waals surface area contributed by atoms with Crippen LogP contribution in [0.4, 0.5) is 5.69 Å². The van der Waals surface area contributed by atoms with Crippen LogP contribution in [0.1, 0.15) is 63.9 Å². The first-order chi connectivity index (χ1) is 12.6. The molecule has 0 heterocycles. The summed E-state index contributed by atoms with van der Waals surface area (Å²) >= 11 is 0. The Bertz CT molecular complexity index is 558. The van der Waals surface area contributed by atoms with Crippen molar-refractivity contribution in [3.05, 3.63) is 54.1 Å². The lowest BCUT2D eigenvalue weighted by molar-refractivity contribution is 0.333. The number of hydrogen-bond donors (Lipinski definition) is 2. The second-order valence-corrected chi connectivity index (χ2v) is 8.12. The summed E-state index contributed by atoms with van der Waals surface area (Å²) in [6, 6.07) is 8.29. The van der Waals surface area contributed by atoms with Crippen LogP contribution in [0.3, 0.4) is 0 Å². The molecule has 1 aliphatic carbocycles. The van der Waals surface area contributed by atoms with E-state index in [0.717, 1.165) is 25.1 Å². The fourth-order valence-corrected chi connectivity index (χ4v) is 4.19. The Morgan fingerprint density at radius 1 is 1.15 bits per heavy atom. The number of nitrogen functional groups attached to an aromatic ring is 1. The number of nitrogens with two attached hydrogens (primary N) is 2. The minimum Gasteiger partial charge on any atom is -0.399 e. The minimum absolute atomic E-state index is 0.555. The summed E-state index contributed by atoms with van der Waals surface area (Å²) in [5, 5.41) is 0. The highest BCUT2D eigenvalue weighted by molar-refractivity contribution is 5.39. The molecule has 1 fully saturated rings. The SMILES string of the molecule is C=C1CCCC(/C=C/C(C)Cc2ccc(N)cc2)C1CCCCCCN. The standard InChI is InChI=1S/C24H38N2/c1-19(18-21-12-15-23(26)16-13-21)11-14-22-9-7-8-20(2)24(22)10-5-3-4-6-17-25/h11-16,19,22,24H,2-10,17-18,25-26H2,1H3/b14-11+. The number of unbranched alkanes of at least 4 members (excludes halogenated alkanes) is 3. The Balaban J connectivity index is 1.85. The smallest absolute Gasteiger partial charge is 0.0314 e. The van der Waals surface area contributed by atoms with Crippen LogP contribution in [0.2, 0.25) is 0 Å². The van der Waals surface area contributed by atoms with Crippen LogP contribution in [0, 0.1) is 17.8 Å². The molecule has 3 atom stereocenters. The summed E-state index contributed by atoms with van der Waals surface area (Å²) in [4.78, 5) is 0. The normalized spacial score (nSPS) is 22.0. The van der Waals surface area contributed by atoms with Crippen molar-refractivity contribution < 1.29 is 0 Å². The first kappa shape index (κ1) is 20.8. The van der Waals surface area contributed by atoms with Crippen LogP contribution in [0.15, 0.2) is 48.6 Å². The van der Waals surface area contributed by atoms with Crippen molar-refractivity contribution in [2.24, 2.45) is 23.5 Å². The van der Waals surface area contributed by atoms with Crippen molar-refractivity contribution in [3.8, 4) is 0 Å². The Labute approximate surface area is 160 Å². The molecule has 0 aromatic heterocycles. The lowest BCUT2D eigenvalue weighted by Gasteiger charge is -2.32. The molecule has 144 valence electrons. The van der Waals surface area contributed by atoms with Crippen LogP contribution < -0.4 is 11.5 Å². The van der Waals surface area contributed by atoms with Gasteiger partial charge in [-0.25, -0.2) is 0 Å². The summed E-state index contributed by atoms with van der Waals surface area (Å²) in [7, 11) is 0. The number of anilines is 1. The third kappa shape index (κ3) is 6.99. The van der Waals surface area contributed by atoms with Crippen molar-refractivity contribution in [2.75, 3.05) is 12.3 Å². The molecule has 2 nitrogen and oxygen atoms in total. The summed E-state index contributed by atoms with van der Waals surface area (Å²) < 4.78 is 0. The average Bonchev–Trinajstić information content (AvgIpc) is 2.63. The van der Waals surface area contributed by atoms with Gasteiger partial charge in [0.25, 0.3) is 0 Å². The maximum absolute atomic E-state index is 5.78. The van der Waals surface area contributed by atoms with E-state index >= 15 is 0 Å². The highest BCUT2D eigenvalue weighted by Gasteiger charge is 2.25. The third-order valence-corrected chi connectivity index (χ3v) is 5.77. The lowest BCUT2D eigenvalue weighted by atomic mass is 9.73. The first-order valence-electron chi connectivity index (χ1n) is 10.5. The summed E-state index contributed by atoms with van der Waals surface area (Å²) in [6.07, 6.45) is 16.2. The zero-order valence-electron chi connectivity index (χ0n) is 16.6. The van der Waals surface area contributed by atoms with Gasteiger partial charge in [0.1, 0.15) is 0 Å². The van der Waals surface area contributed by atoms with Crippen LogP contribution in [0.5, 0.6) is 0 Å². The molecule has 1 aromatic carbocycles. The molecular weight excluding hydrogens is 316 g/mol. The lowest BCUT2D eigenvalue weighted by Crippen LogP contribution is -2.20. The molecule has 0 bridgehead atoms. The third-order valence-electron chi connectivity index (χ3n) is 5.77. The largest absolute Gasteiger partial charge is 0.399 e. The molecule has 2 rings (SSSR count). The number of hydrogen-bond acceptors (Lipinski definition) is 2. The van der Waals surface area contributed by atoms with Crippen molar-refractivity contribution in [3.63, 3.8) is 0 Å². The second kappa shape index (κ2) is 11.2. The Kier molecular flexibility index (Phi) is 8.97. The van der Waals surface area contributed by atoms with E-state index in [1.54, 1.807) is 0 Å². The molecule has 0 spiro atoms. The van der Waals surface area contributed by atoms with Gasteiger partial charge >= 0.3 is 0 Å². The molecule has 0 saturated heterocycles. The Morgan fingerprint density at radius 3 is 2.62 bits per heavy atom. The monoisotopic (exact) mass is 354 g/mol. The maximum Gasteiger partial charge on any atom is 0.0314 e. The van der Waals surface area contributed by atoms with E-state index in [4.69, 9.17) is 11.5 Å². The molecule has 26 heavy (non-hydrogen) atoms. The molecule has 0 radical (unpaired) electrons. The van der Waals surface area contributed by atoms with E-state index in [-0.39, 0.29) is 0 Å². The molecule has 3 unspecified atom stereocenters. The van der Waals surface area contributed by atoms with E-state index in [1.807, 2.05) is 12.1 Å². The topological polar surface area (TPSA) is 52.0 Å². The molecule has 1 aliphatic rings. The van der Waals surface area contributed by atoms with Crippen LogP contribution in [0.25, 0.3) is 0 Å². The molecule has 1 aromatic rings. The van der Waals surface area contributed by atoms with Gasteiger partial charge in [-0.1, -0.05) is 62.6 Å². The molecule has 4 N–H and O–H groups in total. The molecule has 1 saturated carbocycles. The first-order valence-corrected chi connectivity index (χ1v) is 10.5. The van der Waals surface area contributed by atoms with Gasteiger partial charge in [-0.15, -0.1) is 0 Å². The van der Waals surface area contributed by atoms with Crippen molar-refractivity contribution in [2.45, 2.75) is 64.7 Å². The van der Waals surface area contributed by atoms with Gasteiger partial charge in [-0.05, 0) is 80.5 Å². The van der Waals surface area contributed by atoms with Gasteiger partial charge in [-0.2, -0.15) is 0 Å². The number of benzene rings is 1. The minimum atomic E-state index is 0.555. The Morgan fingerprint density at radius 2 is 1.88 bits per heavy atom. The summed E-state index contributed by atoms with van der Waals surface area (Å²) in [5.41, 5.74) is 15.1. The van der Waals surface area contributed by atoms with E-state index in [2.05, 4.69) is 37.8 Å². The maximum atomic E-state index is 5.78. The van der Waals surface area contributed by atoms with E-state index in [1.165, 1.54) is 56.1 Å². The number of rotatable bonds is 10. The van der Waals surface area contributed by atoms with Crippen LogP contribution >= 0.6 is 0 Å². The molecule has 0 aliphatic heterocycles. The highest BCUT2D eigenvalue weighted by Crippen LogP contribution is 2.38. The van der Waals surface area contributed by atoms with Crippen molar-refractivity contribution in [1.29, 1.82) is 0 Å². The van der Waals surface area contributed by atoms with Gasteiger partial charge < -0.3 is 11.5 Å². The predicted octanol–water partition coefficient (Wildman–Crippen LogP) is 5.89. The second-order valence-electron chi connectivity index (χ2n) is 8.12. The summed E-state index contributed by atoms with van der Waals surface area (Å²) in [6.45, 7) is 7.54. The zero-order valence-corrected chi connectivity index (χ0v) is 16.6. The highest BCUT2D eigenvalue weighted by atomic mass is 14.5. The fraction of sp³-hybridized carbons (Fsp3) is 0.583. The van der Waals surface area contributed by atoms with Crippen LogP contribution in [-0.4, -0.2) is 6.54 Å². The van der Waals surface area contributed by atoms with Crippen molar-refractivity contribution >= 4 is 5.69 Å². The molecular formula is C24H38N2. The molecule has 0 amide bonds.